The van der Waals surface area contributed by atoms with Gasteiger partial charge >= 0.3 is 0 Å². The first-order valence-electron chi connectivity index (χ1n) is 7.17. The van der Waals surface area contributed by atoms with Crippen molar-refractivity contribution in [3.8, 4) is 0 Å². The molecule has 3 rings (SSSR count). The lowest BCUT2D eigenvalue weighted by molar-refractivity contribution is -0.124. The van der Waals surface area contributed by atoms with Crippen molar-refractivity contribution in [1.29, 1.82) is 0 Å². The van der Waals surface area contributed by atoms with E-state index in [0.717, 1.165) is 44.5 Å². The van der Waals surface area contributed by atoms with Crippen LogP contribution >= 0.6 is 0 Å². The number of fused-ring (bicyclic) bond motifs is 1. The summed E-state index contributed by atoms with van der Waals surface area (Å²) >= 11 is 0. The Morgan fingerprint density at radius 2 is 2.00 bits per heavy atom. The summed E-state index contributed by atoms with van der Waals surface area (Å²) in [6.07, 6.45) is 4.56. The Labute approximate surface area is 114 Å². The van der Waals surface area contributed by atoms with Crippen molar-refractivity contribution in [2.75, 3.05) is 6.54 Å². The molecule has 0 aromatic heterocycles. The summed E-state index contributed by atoms with van der Waals surface area (Å²) in [5.74, 6) is 0.341. The standard InChI is InChI=1S/C16H20N2O/c19-15-9-4-8-14-16(15,10-5-11-17-14)18-12-13-6-2-1-3-7-13/h1-3,6-7,18H,4-5,8-12H2/t16-/m1/s1. The van der Waals surface area contributed by atoms with Gasteiger partial charge in [-0.15, -0.1) is 0 Å². The summed E-state index contributed by atoms with van der Waals surface area (Å²) in [7, 11) is 0. The van der Waals surface area contributed by atoms with E-state index in [0.29, 0.717) is 12.2 Å². The van der Waals surface area contributed by atoms with Crippen LogP contribution in [0.4, 0.5) is 0 Å². The number of hydrogen-bond acceptors (Lipinski definition) is 3. The summed E-state index contributed by atoms with van der Waals surface area (Å²) < 4.78 is 0. The fourth-order valence-corrected chi connectivity index (χ4v) is 3.20. The van der Waals surface area contributed by atoms with E-state index in [-0.39, 0.29) is 0 Å². The zero-order chi connectivity index (χ0) is 13.1. The normalized spacial score (nSPS) is 26.7. The highest BCUT2D eigenvalue weighted by molar-refractivity contribution is 6.16. The van der Waals surface area contributed by atoms with Crippen LogP contribution in [-0.4, -0.2) is 23.6 Å². The number of rotatable bonds is 3. The quantitative estimate of drug-likeness (QED) is 0.902. The summed E-state index contributed by atoms with van der Waals surface area (Å²) in [5, 5.41) is 3.52. The van der Waals surface area contributed by atoms with Gasteiger partial charge in [-0.05, 0) is 31.2 Å². The second-order valence-corrected chi connectivity index (χ2v) is 5.45. The summed E-state index contributed by atoms with van der Waals surface area (Å²) in [6.45, 7) is 1.63. The molecule has 1 heterocycles. The van der Waals surface area contributed by atoms with Gasteiger partial charge < -0.3 is 0 Å². The van der Waals surface area contributed by atoms with Gasteiger partial charge in [0.15, 0.2) is 5.78 Å². The Morgan fingerprint density at radius 1 is 1.16 bits per heavy atom. The van der Waals surface area contributed by atoms with Gasteiger partial charge in [-0.2, -0.15) is 0 Å². The van der Waals surface area contributed by atoms with E-state index >= 15 is 0 Å². The van der Waals surface area contributed by atoms with Gasteiger partial charge in [-0.1, -0.05) is 30.3 Å². The van der Waals surface area contributed by atoms with E-state index in [9.17, 15) is 4.79 Å². The molecule has 1 aliphatic carbocycles. The van der Waals surface area contributed by atoms with Crippen LogP contribution in [0.1, 0.15) is 37.7 Å². The molecule has 19 heavy (non-hydrogen) atoms. The van der Waals surface area contributed by atoms with Gasteiger partial charge in [0.1, 0.15) is 5.54 Å². The number of carbonyl (C=O) groups is 1. The predicted molar refractivity (Wildman–Crippen MR) is 76.4 cm³/mol. The lowest BCUT2D eigenvalue weighted by Gasteiger charge is -2.40. The number of nitrogens with one attached hydrogen (secondary N) is 1. The summed E-state index contributed by atoms with van der Waals surface area (Å²) in [5.41, 5.74) is 1.87. The van der Waals surface area contributed by atoms with Gasteiger partial charge in [0.05, 0.1) is 0 Å². The molecule has 1 saturated carbocycles. The molecule has 0 saturated heterocycles. The molecule has 0 spiro atoms. The molecule has 0 bridgehead atoms. The monoisotopic (exact) mass is 256 g/mol. The third-order valence-corrected chi connectivity index (χ3v) is 4.24. The smallest absolute Gasteiger partial charge is 0.158 e. The van der Waals surface area contributed by atoms with Gasteiger partial charge in [0.2, 0.25) is 0 Å². The fourth-order valence-electron chi connectivity index (χ4n) is 3.20. The molecule has 3 nitrogen and oxygen atoms in total. The Balaban J connectivity index is 1.81. The molecule has 0 amide bonds. The minimum atomic E-state index is -0.452. The number of ketones is 1. The predicted octanol–water partition coefficient (Wildman–Crippen LogP) is 2.50. The van der Waals surface area contributed by atoms with E-state index in [4.69, 9.17) is 0 Å². The van der Waals surface area contributed by atoms with Crippen molar-refractivity contribution in [2.45, 2.75) is 44.2 Å². The van der Waals surface area contributed by atoms with Crippen LogP contribution in [-0.2, 0) is 11.3 Å². The Morgan fingerprint density at radius 3 is 2.84 bits per heavy atom. The van der Waals surface area contributed by atoms with Crippen LogP contribution in [0.5, 0.6) is 0 Å². The maximum atomic E-state index is 12.4. The van der Waals surface area contributed by atoms with Gasteiger partial charge in [-0.3, -0.25) is 15.1 Å². The number of benzene rings is 1. The maximum Gasteiger partial charge on any atom is 0.158 e. The van der Waals surface area contributed by atoms with Crippen molar-refractivity contribution in [1.82, 2.24) is 5.32 Å². The summed E-state index contributed by atoms with van der Waals surface area (Å²) in [4.78, 5) is 17.0. The van der Waals surface area contributed by atoms with Crippen LogP contribution in [0.3, 0.4) is 0 Å². The Hall–Kier alpha value is -1.48. The zero-order valence-electron chi connectivity index (χ0n) is 11.2. The van der Waals surface area contributed by atoms with Crippen molar-refractivity contribution < 1.29 is 4.79 Å². The SMILES string of the molecule is O=C1CCCC2=NCCC[C@]12NCc1ccccc1. The highest BCUT2D eigenvalue weighted by Gasteiger charge is 2.45. The molecule has 1 atom stereocenters. The van der Waals surface area contributed by atoms with Crippen LogP contribution < -0.4 is 5.32 Å². The average molecular weight is 256 g/mol. The topological polar surface area (TPSA) is 41.5 Å². The summed E-state index contributed by atoms with van der Waals surface area (Å²) in [6, 6.07) is 10.3. The molecule has 100 valence electrons. The van der Waals surface area contributed by atoms with Crippen LogP contribution in [0.25, 0.3) is 0 Å². The number of nitrogens with zero attached hydrogens (tertiary/aromatic N) is 1. The molecule has 1 aromatic carbocycles. The van der Waals surface area contributed by atoms with Gasteiger partial charge in [0.25, 0.3) is 0 Å². The molecule has 1 N–H and O–H groups in total. The van der Waals surface area contributed by atoms with Crippen molar-refractivity contribution in [3.05, 3.63) is 35.9 Å². The first kappa shape index (κ1) is 12.5. The third-order valence-electron chi connectivity index (χ3n) is 4.24. The zero-order valence-corrected chi connectivity index (χ0v) is 11.2. The molecule has 0 unspecified atom stereocenters. The first-order valence-corrected chi connectivity index (χ1v) is 7.17. The molecule has 1 fully saturated rings. The molecule has 1 aromatic rings. The molecule has 3 heteroatoms. The minimum Gasteiger partial charge on any atom is -0.297 e. The van der Waals surface area contributed by atoms with E-state index in [1.54, 1.807) is 0 Å². The third kappa shape index (κ3) is 2.35. The molecular weight excluding hydrogens is 236 g/mol. The van der Waals surface area contributed by atoms with Gasteiger partial charge in [0, 0.05) is 25.2 Å². The number of aliphatic imine (C=N–C) groups is 1. The molecule has 1 aliphatic heterocycles. The van der Waals surface area contributed by atoms with Crippen molar-refractivity contribution in [3.63, 3.8) is 0 Å². The van der Waals surface area contributed by atoms with Crippen molar-refractivity contribution in [2.24, 2.45) is 4.99 Å². The fraction of sp³-hybridized carbons (Fsp3) is 0.500. The van der Waals surface area contributed by atoms with Crippen LogP contribution in [0.2, 0.25) is 0 Å². The second-order valence-electron chi connectivity index (χ2n) is 5.45. The number of Topliss-reactive ketones (excluding diaryl/α,β-unsaturated/α-hetero) is 1. The van der Waals surface area contributed by atoms with E-state index in [1.807, 2.05) is 18.2 Å². The first-order chi connectivity index (χ1) is 9.31. The molecule has 2 aliphatic rings. The van der Waals surface area contributed by atoms with Crippen LogP contribution in [0.15, 0.2) is 35.3 Å². The highest BCUT2D eigenvalue weighted by Crippen LogP contribution is 2.30. The second kappa shape index (κ2) is 5.25. The van der Waals surface area contributed by atoms with E-state index in [1.165, 1.54) is 5.56 Å². The van der Waals surface area contributed by atoms with Crippen LogP contribution in [0, 0.1) is 0 Å². The van der Waals surface area contributed by atoms with Gasteiger partial charge in [-0.25, -0.2) is 0 Å². The van der Waals surface area contributed by atoms with E-state index < -0.39 is 5.54 Å². The number of hydrogen-bond donors (Lipinski definition) is 1. The largest absolute Gasteiger partial charge is 0.297 e. The Kier molecular flexibility index (Phi) is 3.47. The maximum absolute atomic E-state index is 12.4. The lowest BCUT2D eigenvalue weighted by Crippen LogP contribution is -2.60. The highest BCUT2D eigenvalue weighted by atomic mass is 16.1. The average Bonchev–Trinajstić information content (AvgIpc) is 2.47. The number of carbonyl (C=O) groups excluding carboxylic acids is 1. The lowest BCUT2D eigenvalue weighted by atomic mass is 9.74. The molecule has 0 radical (unpaired) electrons. The minimum absolute atomic E-state index is 0.341. The van der Waals surface area contributed by atoms with Crippen molar-refractivity contribution >= 4 is 11.5 Å². The Bertz CT molecular complexity index is 495. The van der Waals surface area contributed by atoms with E-state index in [2.05, 4.69) is 22.4 Å². The molecular formula is C16H20N2O.